The summed E-state index contributed by atoms with van der Waals surface area (Å²) in [6.45, 7) is 3.14. The molecule has 1 fully saturated rings. The zero-order chi connectivity index (χ0) is 22.5. The molecule has 0 saturated carbocycles. The van der Waals surface area contributed by atoms with E-state index in [9.17, 15) is 4.79 Å². The van der Waals surface area contributed by atoms with Gasteiger partial charge in [0.15, 0.2) is 11.6 Å². The van der Waals surface area contributed by atoms with Crippen LogP contribution in [0.4, 0.5) is 23.0 Å². The molecule has 2 heterocycles. The highest BCUT2D eigenvalue weighted by atomic mass is 35.5. The summed E-state index contributed by atoms with van der Waals surface area (Å²) in [5.74, 6) is 1.41. The number of nitrogens with zero attached hydrogens (tertiary/aromatic N) is 4. The van der Waals surface area contributed by atoms with Crippen LogP contribution in [0, 0.1) is 0 Å². The van der Waals surface area contributed by atoms with Gasteiger partial charge in [-0.15, -0.1) is 0 Å². The van der Waals surface area contributed by atoms with Crippen LogP contribution in [0.2, 0.25) is 5.02 Å². The van der Waals surface area contributed by atoms with Gasteiger partial charge in [-0.1, -0.05) is 23.7 Å². The van der Waals surface area contributed by atoms with Gasteiger partial charge in [-0.3, -0.25) is 15.6 Å². The zero-order valence-corrected chi connectivity index (χ0v) is 18.3. The lowest BCUT2D eigenvalue weighted by molar-refractivity contribution is 0.0962. The number of benzene rings is 2. The van der Waals surface area contributed by atoms with Gasteiger partial charge in [0.05, 0.1) is 17.7 Å². The third-order valence-electron chi connectivity index (χ3n) is 5.29. The third-order valence-corrected chi connectivity index (χ3v) is 5.62. The van der Waals surface area contributed by atoms with Crippen LogP contribution in [-0.2, 0) is 0 Å². The number of anilines is 4. The molecule has 10 heteroatoms. The van der Waals surface area contributed by atoms with Crippen molar-refractivity contribution < 1.29 is 9.53 Å². The normalized spacial score (nSPS) is 13.6. The first-order chi connectivity index (χ1) is 15.6. The maximum Gasteiger partial charge on any atom is 0.271 e. The maximum atomic E-state index is 12.4. The molecular weight excluding hydrogens is 430 g/mol. The molecule has 4 N–H and O–H groups in total. The lowest BCUT2D eigenvalue weighted by atomic mass is 10.2. The number of carbonyl (C=O) groups is 1. The van der Waals surface area contributed by atoms with E-state index in [-0.39, 0.29) is 5.91 Å². The predicted molar refractivity (Wildman–Crippen MR) is 126 cm³/mol. The summed E-state index contributed by atoms with van der Waals surface area (Å²) in [7, 11) is 1.66. The molecule has 1 amide bonds. The van der Waals surface area contributed by atoms with Crippen molar-refractivity contribution in [3.63, 3.8) is 0 Å². The Kier molecular flexibility index (Phi) is 6.46. The fraction of sp³-hybridized carbons (Fsp3) is 0.227. The summed E-state index contributed by atoms with van der Waals surface area (Å²) >= 11 is 6.07. The molecule has 0 radical (unpaired) electrons. The van der Waals surface area contributed by atoms with E-state index >= 15 is 0 Å². The number of aromatic nitrogens is 2. The molecule has 0 spiro atoms. The molecule has 1 aliphatic rings. The van der Waals surface area contributed by atoms with E-state index in [1.807, 2.05) is 12.1 Å². The monoisotopic (exact) mass is 453 g/mol. The number of piperazine rings is 1. The Morgan fingerprint density at radius 3 is 2.41 bits per heavy atom. The van der Waals surface area contributed by atoms with Crippen molar-refractivity contribution in [1.82, 2.24) is 15.4 Å². The maximum absolute atomic E-state index is 12.4. The Morgan fingerprint density at radius 2 is 1.72 bits per heavy atom. The second-order valence-corrected chi connectivity index (χ2v) is 7.60. The Labute approximate surface area is 191 Å². The van der Waals surface area contributed by atoms with Crippen molar-refractivity contribution in [2.45, 2.75) is 0 Å². The number of methoxy groups -OCH3 is 1. The van der Waals surface area contributed by atoms with Gasteiger partial charge in [0, 0.05) is 31.9 Å². The van der Waals surface area contributed by atoms with Crippen LogP contribution in [0.25, 0.3) is 0 Å². The topological polar surface area (TPSA) is 109 Å². The molecule has 2 aromatic carbocycles. The summed E-state index contributed by atoms with van der Waals surface area (Å²) in [6.07, 6.45) is 1.42. The molecule has 4 rings (SSSR count). The van der Waals surface area contributed by atoms with Crippen LogP contribution in [-0.4, -0.2) is 49.2 Å². The van der Waals surface area contributed by atoms with Gasteiger partial charge < -0.3 is 20.3 Å². The number of halogens is 1. The van der Waals surface area contributed by atoms with E-state index in [4.69, 9.17) is 22.1 Å². The molecule has 166 valence electrons. The van der Waals surface area contributed by atoms with Crippen molar-refractivity contribution in [3.8, 4) is 5.75 Å². The van der Waals surface area contributed by atoms with E-state index < -0.39 is 0 Å². The standard InChI is InChI=1S/C22H24ClN7O2/c1-32-16-8-6-15(7-9-16)29-10-12-30(13-11-29)21-19(24)20(25-14-26-21)27-28-22(31)17-4-2-3-5-18(17)23/h2-9,14H,10-13,24H2,1H3,(H,28,31)(H,25,26,27). The number of nitrogens with two attached hydrogens (primary N) is 1. The Morgan fingerprint density at radius 1 is 1.03 bits per heavy atom. The fourth-order valence-electron chi connectivity index (χ4n) is 3.54. The second kappa shape index (κ2) is 9.61. The van der Waals surface area contributed by atoms with Crippen LogP contribution in [0.5, 0.6) is 5.75 Å². The molecule has 0 bridgehead atoms. The summed E-state index contributed by atoms with van der Waals surface area (Å²) in [4.78, 5) is 25.3. The Balaban J connectivity index is 1.39. The van der Waals surface area contributed by atoms with Crippen molar-refractivity contribution in [2.24, 2.45) is 0 Å². The number of rotatable bonds is 6. The van der Waals surface area contributed by atoms with Crippen LogP contribution in [0.15, 0.2) is 54.9 Å². The highest BCUT2D eigenvalue weighted by Gasteiger charge is 2.22. The summed E-state index contributed by atoms with van der Waals surface area (Å²) < 4.78 is 5.23. The number of carbonyl (C=O) groups excluding carboxylic acids is 1. The van der Waals surface area contributed by atoms with Crippen LogP contribution < -0.4 is 31.1 Å². The smallest absolute Gasteiger partial charge is 0.271 e. The van der Waals surface area contributed by atoms with Gasteiger partial charge in [0.1, 0.15) is 17.8 Å². The summed E-state index contributed by atoms with van der Waals surface area (Å²) in [5, 5.41) is 0.359. The van der Waals surface area contributed by atoms with Crippen molar-refractivity contribution in [2.75, 3.05) is 54.2 Å². The Hall–Kier alpha value is -3.72. The second-order valence-electron chi connectivity index (χ2n) is 7.19. The largest absolute Gasteiger partial charge is 0.497 e. The lowest BCUT2D eigenvalue weighted by Gasteiger charge is -2.37. The van der Waals surface area contributed by atoms with Crippen molar-refractivity contribution in [3.05, 3.63) is 65.4 Å². The van der Waals surface area contributed by atoms with Crippen LogP contribution >= 0.6 is 11.6 Å². The predicted octanol–water partition coefficient (Wildman–Crippen LogP) is 2.80. The first kappa shape index (κ1) is 21.5. The van der Waals surface area contributed by atoms with E-state index in [1.54, 1.807) is 31.4 Å². The number of hydrazine groups is 1. The van der Waals surface area contributed by atoms with E-state index in [2.05, 4.69) is 42.8 Å². The molecular formula is C22H24ClN7O2. The molecule has 1 aromatic heterocycles. The summed E-state index contributed by atoms with van der Waals surface area (Å²) in [5.41, 5.74) is 13.5. The highest BCUT2D eigenvalue weighted by molar-refractivity contribution is 6.33. The number of nitrogens with one attached hydrogen (secondary N) is 2. The zero-order valence-electron chi connectivity index (χ0n) is 17.6. The minimum Gasteiger partial charge on any atom is -0.497 e. The fourth-order valence-corrected chi connectivity index (χ4v) is 3.76. The van der Waals surface area contributed by atoms with Crippen LogP contribution in [0.3, 0.4) is 0 Å². The van der Waals surface area contributed by atoms with Crippen molar-refractivity contribution >= 4 is 40.5 Å². The quantitative estimate of drug-likeness (QED) is 0.489. The van der Waals surface area contributed by atoms with Crippen molar-refractivity contribution in [1.29, 1.82) is 0 Å². The first-order valence-corrected chi connectivity index (χ1v) is 10.5. The number of amides is 1. The number of ether oxygens (including phenoxy) is 1. The van der Waals surface area contributed by atoms with Gasteiger partial charge in [0.25, 0.3) is 5.91 Å². The highest BCUT2D eigenvalue weighted by Crippen LogP contribution is 2.28. The number of hydrogen-bond acceptors (Lipinski definition) is 8. The molecule has 0 unspecified atom stereocenters. The van der Waals surface area contributed by atoms with E-state index in [1.165, 1.54) is 6.33 Å². The molecule has 9 nitrogen and oxygen atoms in total. The first-order valence-electron chi connectivity index (χ1n) is 10.1. The minimum atomic E-state index is -0.386. The molecule has 3 aromatic rings. The Bertz CT molecular complexity index is 1090. The molecule has 0 atom stereocenters. The van der Waals surface area contributed by atoms with Gasteiger partial charge in [-0.2, -0.15) is 0 Å². The SMILES string of the molecule is COc1ccc(N2CCN(c3ncnc(NNC(=O)c4ccccc4Cl)c3N)CC2)cc1. The van der Waals surface area contributed by atoms with E-state index in [0.717, 1.165) is 37.6 Å². The van der Waals surface area contributed by atoms with Gasteiger partial charge in [-0.25, -0.2) is 9.97 Å². The average molecular weight is 454 g/mol. The minimum absolute atomic E-state index is 0.327. The molecule has 32 heavy (non-hydrogen) atoms. The number of nitrogen functional groups attached to an aromatic ring is 1. The van der Waals surface area contributed by atoms with E-state index in [0.29, 0.717) is 27.9 Å². The van der Waals surface area contributed by atoms with Crippen LogP contribution in [0.1, 0.15) is 10.4 Å². The van der Waals surface area contributed by atoms with Gasteiger partial charge >= 0.3 is 0 Å². The molecule has 0 aliphatic carbocycles. The van der Waals surface area contributed by atoms with Gasteiger partial charge in [-0.05, 0) is 36.4 Å². The summed E-state index contributed by atoms with van der Waals surface area (Å²) in [6, 6.07) is 14.8. The van der Waals surface area contributed by atoms with Gasteiger partial charge in [0.2, 0.25) is 0 Å². The molecule has 1 saturated heterocycles. The number of hydrogen-bond donors (Lipinski definition) is 3. The average Bonchev–Trinajstić information content (AvgIpc) is 2.84. The third kappa shape index (κ3) is 4.62. The lowest BCUT2D eigenvalue weighted by Crippen LogP contribution is -2.47. The molecule has 1 aliphatic heterocycles.